The van der Waals surface area contributed by atoms with E-state index in [1.54, 1.807) is 0 Å². The van der Waals surface area contributed by atoms with Crippen molar-refractivity contribution < 1.29 is 4.79 Å². The average Bonchev–Trinajstić information content (AvgIpc) is 2.53. The van der Waals surface area contributed by atoms with E-state index < -0.39 is 0 Å². The van der Waals surface area contributed by atoms with E-state index in [1.165, 1.54) is 24.8 Å². The van der Waals surface area contributed by atoms with Crippen molar-refractivity contribution in [3.05, 3.63) is 35.9 Å². The highest BCUT2D eigenvalue weighted by Crippen LogP contribution is 2.42. The summed E-state index contributed by atoms with van der Waals surface area (Å²) in [5.74, 6) is 1.52. The van der Waals surface area contributed by atoms with Crippen molar-refractivity contribution in [3.63, 3.8) is 0 Å². The predicted molar refractivity (Wildman–Crippen MR) is 106 cm³/mol. The van der Waals surface area contributed by atoms with Gasteiger partial charge >= 0.3 is 0 Å². The van der Waals surface area contributed by atoms with Gasteiger partial charge in [-0.05, 0) is 69.8 Å². The minimum absolute atomic E-state index is 0. The molecular weight excluding hydrogens is 332 g/mol. The van der Waals surface area contributed by atoms with Crippen molar-refractivity contribution in [3.8, 4) is 0 Å². The van der Waals surface area contributed by atoms with Crippen molar-refractivity contribution in [2.75, 3.05) is 0 Å². The molecule has 2 bridgehead atoms. The van der Waals surface area contributed by atoms with Crippen LogP contribution in [0.15, 0.2) is 30.3 Å². The number of carbonyl (C=O) groups is 1. The number of nitrogens with one attached hydrogen (secondary N) is 1. The quantitative estimate of drug-likeness (QED) is 0.826. The minimum atomic E-state index is -0.165. The predicted octanol–water partition coefficient (Wildman–Crippen LogP) is 4.09. The first-order chi connectivity index (χ1) is 11.4. The monoisotopic (exact) mass is 364 g/mol. The number of hydrogen-bond donors (Lipinski definition) is 2. The lowest BCUT2D eigenvalue weighted by atomic mass is 9.65. The first-order valence-corrected chi connectivity index (χ1v) is 9.56. The molecule has 1 aromatic carbocycles. The Labute approximate surface area is 158 Å². The topological polar surface area (TPSA) is 55.1 Å². The third kappa shape index (κ3) is 5.21. The lowest BCUT2D eigenvalue weighted by Crippen LogP contribution is -2.52. The van der Waals surface area contributed by atoms with Crippen LogP contribution in [0.4, 0.5) is 0 Å². The molecule has 0 saturated heterocycles. The van der Waals surface area contributed by atoms with Gasteiger partial charge in [0.15, 0.2) is 0 Å². The summed E-state index contributed by atoms with van der Waals surface area (Å²) in [5, 5.41) is 3.32. The van der Waals surface area contributed by atoms with Crippen LogP contribution in [0.5, 0.6) is 0 Å². The number of aryl methyl sites for hydroxylation is 1. The number of amides is 1. The summed E-state index contributed by atoms with van der Waals surface area (Å²) in [4.78, 5) is 12.8. The van der Waals surface area contributed by atoms with Crippen molar-refractivity contribution in [1.29, 1.82) is 0 Å². The summed E-state index contributed by atoms with van der Waals surface area (Å²) in [6.07, 6.45) is 7.63. The second-order valence-corrected chi connectivity index (χ2v) is 8.56. The number of rotatable bonds is 5. The van der Waals surface area contributed by atoms with Crippen LogP contribution in [0.25, 0.3) is 0 Å². The molecule has 2 atom stereocenters. The van der Waals surface area contributed by atoms with Gasteiger partial charge in [-0.3, -0.25) is 4.79 Å². The molecule has 2 aliphatic rings. The molecular formula is C21H33ClN2O. The molecule has 2 aliphatic carbocycles. The fourth-order valence-electron chi connectivity index (χ4n) is 4.60. The van der Waals surface area contributed by atoms with Crippen LogP contribution < -0.4 is 11.1 Å². The van der Waals surface area contributed by atoms with Crippen molar-refractivity contribution in [2.24, 2.45) is 23.5 Å². The zero-order chi connectivity index (χ0) is 17.2. The standard InChI is InChI=1S/C21H32N2O.ClH/c1-21(2,12-11-15-7-4-3-5-8-15)23-20(24)18-13-16-9-6-10-17(14-18)19(16)22;/h3-5,7-8,16-19H,6,9-14,22H2,1-2H3,(H,23,24);1H. The Kier molecular flexibility index (Phi) is 6.93. The summed E-state index contributed by atoms with van der Waals surface area (Å²) in [7, 11) is 0. The van der Waals surface area contributed by atoms with Crippen LogP contribution in [0.3, 0.4) is 0 Å². The molecule has 1 amide bonds. The summed E-state index contributed by atoms with van der Waals surface area (Å²) < 4.78 is 0. The lowest BCUT2D eigenvalue weighted by Gasteiger charge is -2.44. The molecule has 0 aromatic heterocycles. The van der Waals surface area contributed by atoms with E-state index in [4.69, 9.17) is 5.73 Å². The third-order valence-electron chi connectivity index (χ3n) is 6.13. The van der Waals surface area contributed by atoms with E-state index in [-0.39, 0.29) is 29.8 Å². The van der Waals surface area contributed by atoms with Crippen LogP contribution >= 0.6 is 12.4 Å². The molecule has 2 fully saturated rings. The van der Waals surface area contributed by atoms with Crippen LogP contribution in [0.2, 0.25) is 0 Å². The zero-order valence-corrected chi connectivity index (χ0v) is 16.4. The molecule has 2 saturated carbocycles. The van der Waals surface area contributed by atoms with Gasteiger partial charge in [0.2, 0.25) is 5.91 Å². The molecule has 0 aliphatic heterocycles. The van der Waals surface area contributed by atoms with Crippen molar-refractivity contribution in [2.45, 2.75) is 70.4 Å². The van der Waals surface area contributed by atoms with Gasteiger partial charge in [0.1, 0.15) is 0 Å². The highest BCUT2D eigenvalue weighted by atomic mass is 35.5. The Hall–Kier alpha value is -1.06. The summed E-state index contributed by atoms with van der Waals surface area (Å²) in [5.41, 5.74) is 7.52. The second kappa shape index (κ2) is 8.55. The van der Waals surface area contributed by atoms with E-state index in [1.807, 2.05) is 6.07 Å². The SMILES string of the molecule is CC(C)(CCc1ccccc1)NC(=O)C1CC2CCCC(C1)C2N.Cl. The average molecular weight is 365 g/mol. The highest BCUT2D eigenvalue weighted by molar-refractivity contribution is 5.85. The van der Waals surface area contributed by atoms with E-state index >= 15 is 0 Å². The number of fused-ring (bicyclic) bond motifs is 2. The molecule has 0 radical (unpaired) electrons. The summed E-state index contributed by atoms with van der Waals surface area (Å²) in [6, 6.07) is 10.8. The van der Waals surface area contributed by atoms with Gasteiger partial charge in [0, 0.05) is 17.5 Å². The van der Waals surface area contributed by atoms with Crippen LogP contribution in [0.1, 0.15) is 57.9 Å². The van der Waals surface area contributed by atoms with E-state index in [9.17, 15) is 4.79 Å². The number of nitrogens with two attached hydrogens (primary N) is 1. The minimum Gasteiger partial charge on any atom is -0.351 e. The Morgan fingerprint density at radius 3 is 2.36 bits per heavy atom. The molecule has 140 valence electrons. The fraction of sp³-hybridized carbons (Fsp3) is 0.667. The van der Waals surface area contributed by atoms with Crippen LogP contribution in [-0.4, -0.2) is 17.5 Å². The Morgan fingerprint density at radius 2 is 1.76 bits per heavy atom. The van der Waals surface area contributed by atoms with Crippen molar-refractivity contribution in [1.82, 2.24) is 5.32 Å². The van der Waals surface area contributed by atoms with E-state index in [2.05, 4.69) is 43.4 Å². The van der Waals surface area contributed by atoms with Gasteiger partial charge in [0.25, 0.3) is 0 Å². The van der Waals surface area contributed by atoms with Gasteiger partial charge < -0.3 is 11.1 Å². The number of hydrogen-bond acceptors (Lipinski definition) is 2. The van der Waals surface area contributed by atoms with Crippen LogP contribution in [-0.2, 0) is 11.2 Å². The Morgan fingerprint density at radius 1 is 1.16 bits per heavy atom. The van der Waals surface area contributed by atoms with E-state index in [0.29, 0.717) is 17.9 Å². The Balaban J connectivity index is 0.00000225. The molecule has 2 unspecified atom stereocenters. The molecule has 0 heterocycles. The molecule has 0 spiro atoms. The van der Waals surface area contributed by atoms with Gasteiger partial charge in [-0.1, -0.05) is 36.8 Å². The van der Waals surface area contributed by atoms with Gasteiger partial charge in [-0.15, -0.1) is 12.4 Å². The largest absolute Gasteiger partial charge is 0.351 e. The normalized spacial score (nSPS) is 28.8. The maximum Gasteiger partial charge on any atom is 0.223 e. The van der Waals surface area contributed by atoms with Gasteiger partial charge in [0.05, 0.1) is 0 Å². The maximum atomic E-state index is 12.8. The molecule has 3 rings (SSSR count). The first kappa shape index (κ1) is 20.3. The number of halogens is 1. The van der Waals surface area contributed by atoms with Gasteiger partial charge in [-0.25, -0.2) is 0 Å². The van der Waals surface area contributed by atoms with Crippen molar-refractivity contribution >= 4 is 18.3 Å². The Bertz CT molecular complexity index is 546. The molecule has 3 N–H and O–H groups in total. The van der Waals surface area contributed by atoms with Crippen LogP contribution in [0, 0.1) is 17.8 Å². The summed E-state index contributed by atoms with van der Waals surface area (Å²) in [6.45, 7) is 4.28. The molecule has 25 heavy (non-hydrogen) atoms. The fourth-order valence-corrected chi connectivity index (χ4v) is 4.60. The molecule has 3 nitrogen and oxygen atoms in total. The molecule has 1 aromatic rings. The summed E-state index contributed by atoms with van der Waals surface area (Å²) >= 11 is 0. The van der Waals surface area contributed by atoms with Gasteiger partial charge in [-0.2, -0.15) is 0 Å². The highest BCUT2D eigenvalue weighted by Gasteiger charge is 2.41. The zero-order valence-electron chi connectivity index (χ0n) is 15.5. The lowest BCUT2D eigenvalue weighted by molar-refractivity contribution is -0.129. The number of carbonyl (C=O) groups excluding carboxylic acids is 1. The maximum absolute atomic E-state index is 12.8. The third-order valence-corrected chi connectivity index (χ3v) is 6.13. The number of benzene rings is 1. The second-order valence-electron chi connectivity index (χ2n) is 8.56. The first-order valence-electron chi connectivity index (χ1n) is 9.56. The van der Waals surface area contributed by atoms with E-state index in [0.717, 1.165) is 25.7 Å². The smallest absolute Gasteiger partial charge is 0.223 e. The molecule has 4 heteroatoms.